The Bertz CT molecular complexity index is 1200. The third-order valence-corrected chi connectivity index (χ3v) is 7.72. The minimum atomic E-state index is 0.459. The van der Waals surface area contributed by atoms with Crippen LogP contribution < -0.4 is 10.6 Å². The predicted molar refractivity (Wildman–Crippen MR) is 135 cm³/mol. The lowest BCUT2D eigenvalue weighted by atomic mass is 9.90. The van der Waals surface area contributed by atoms with Crippen molar-refractivity contribution in [2.24, 2.45) is 0 Å². The van der Waals surface area contributed by atoms with Gasteiger partial charge in [0.05, 0.1) is 16.1 Å². The minimum absolute atomic E-state index is 0.459. The number of benzene rings is 1. The van der Waals surface area contributed by atoms with Crippen molar-refractivity contribution in [3.63, 3.8) is 0 Å². The molecule has 164 valence electrons. The summed E-state index contributed by atoms with van der Waals surface area (Å²) >= 11 is 1.83. The zero-order valence-corrected chi connectivity index (χ0v) is 19.6. The second-order valence-corrected chi connectivity index (χ2v) is 9.96. The van der Waals surface area contributed by atoms with Crippen LogP contribution in [0.1, 0.15) is 41.7 Å². The van der Waals surface area contributed by atoms with Crippen molar-refractivity contribution in [1.29, 1.82) is 0 Å². The van der Waals surface area contributed by atoms with E-state index in [1.165, 1.54) is 45.5 Å². The first-order chi connectivity index (χ1) is 15.7. The van der Waals surface area contributed by atoms with E-state index in [0.717, 1.165) is 30.0 Å². The van der Waals surface area contributed by atoms with Gasteiger partial charge in [-0.05, 0) is 81.0 Å². The van der Waals surface area contributed by atoms with Crippen LogP contribution in [0.4, 0.5) is 5.82 Å². The summed E-state index contributed by atoms with van der Waals surface area (Å²) in [7, 11) is 0. The monoisotopic (exact) mass is 442 g/mol. The van der Waals surface area contributed by atoms with Gasteiger partial charge in [-0.3, -0.25) is 4.98 Å². The molecule has 32 heavy (non-hydrogen) atoms. The molecule has 4 aromatic rings. The molecule has 1 fully saturated rings. The molecule has 3 heterocycles. The molecule has 0 amide bonds. The Morgan fingerprint density at radius 1 is 0.938 bits per heavy atom. The van der Waals surface area contributed by atoms with Gasteiger partial charge in [0.1, 0.15) is 5.82 Å². The molecule has 3 aromatic heterocycles. The Kier molecular flexibility index (Phi) is 6.19. The molecule has 4 nitrogen and oxygen atoms in total. The molecule has 0 aliphatic heterocycles. The summed E-state index contributed by atoms with van der Waals surface area (Å²) < 4.78 is 0. The van der Waals surface area contributed by atoms with Gasteiger partial charge in [0, 0.05) is 35.1 Å². The number of fused-ring (bicyclic) bond motifs is 1. The normalized spacial score (nSPS) is 18.7. The second-order valence-electron chi connectivity index (χ2n) is 8.79. The van der Waals surface area contributed by atoms with Crippen LogP contribution in [0.3, 0.4) is 0 Å². The van der Waals surface area contributed by atoms with Gasteiger partial charge >= 0.3 is 0 Å². The summed E-state index contributed by atoms with van der Waals surface area (Å²) in [5.74, 6) is 1.05. The molecule has 2 atom stereocenters. The van der Waals surface area contributed by atoms with Crippen LogP contribution in [-0.2, 0) is 6.54 Å². The molecule has 0 radical (unpaired) electrons. The Hall–Kier alpha value is -2.76. The van der Waals surface area contributed by atoms with Crippen LogP contribution in [0.15, 0.2) is 60.8 Å². The average Bonchev–Trinajstić information content (AvgIpc) is 3.31. The number of pyridine rings is 2. The van der Waals surface area contributed by atoms with Crippen LogP contribution in [-0.4, -0.2) is 22.1 Å². The highest BCUT2D eigenvalue weighted by atomic mass is 32.1. The molecule has 1 aromatic carbocycles. The smallest absolute Gasteiger partial charge is 0.130 e. The number of hydrogen-bond acceptors (Lipinski definition) is 5. The second kappa shape index (κ2) is 9.39. The van der Waals surface area contributed by atoms with Crippen molar-refractivity contribution in [3.05, 3.63) is 76.8 Å². The first-order valence-electron chi connectivity index (χ1n) is 11.5. The molecular weight excluding hydrogens is 412 g/mol. The lowest BCUT2D eigenvalue weighted by Gasteiger charge is -2.31. The SMILES string of the molecule is Cc1c(NC2CCCC(NCc3ccc(-c4ccccn4)s3)C2)nc2ccccc2c1C. The standard InChI is InChI=1S/C27H30N4S/c1-18-19(2)27(31-24-11-4-3-10-23(18)24)30-21-9-7-8-20(16-21)29-17-22-13-14-26(32-22)25-12-5-6-15-28-25/h3-6,10-15,20-21,29H,7-9,16-17H2,1-2H3,(H,30,31). The largest absolute Gasteiger partial charge is 0.367 e. The summed E-state index contributed by atoms with van der Waals surface area (Å²) in [5.41, 5.74) is 4.72. The number of para-hydroxylation sites is 1. The average molecular weight is 443 g/mol. The number of aromatic nitrogens is 2. The van der Waals surface area contributed by atoms with E-state index >= 15 is 0 Å². The van der Waals surface area contributed by atoms with E-state index in [1.54, 1.807) is 0 Å². The molecule has 2 unspecified atom stereocenters. The van der Waals surface area contributed by atoms with Gasteiger partial charge in [-0.1, -0.05) is 24.3 Å². The number of anilines is 1. The fraction of sp³-hybridized carbons (Fsp3) is 0.333. The van der Waals surface area contributed by atoms with Crippen molar-refractivity contribution < 1.29 is 0 Å². The van der Waals surface area contributed by atoms with Crippen LogP contribution >= 0.6 is 11.3 Å². The van der Waals surface area contributed by atoms with Gasteiger partial charge in [0.2, 0.25) is 0 Å². The predicted octanol–water partition coefficient (Wildman–Crippen LogP) is 6.49. The third-order valence-electron chi connectivity index (χ3n) is 6.62. The first kappa shape index (κ1) is 21.1. The molecular formula is C27H30N4S. The number of nitrogens with zero attached hydrogens (tertiary/aromatic N) is 2. The van der Waals surface area contributed by atoms with E-state index in [9.17, 15) is 0 Å². The zero-order valence-electron chi connectivity index (χ0n) is 18.8. The van der Waals surface area contributed by atoms with Crippen molar-refractivity contribution in [2.45, 2.75) is 58.2 Å². The van der Waals surface area contributed by atoms with E-state index in [1.807, 2.05) is 29.7 Å². The molecule has 5 rings (SSSR count). The summed E-state index contributed by atoms with van der Waals surface area (Å²) in [5, 5.41) is 8.83. The Labute approximate surface area is 194 Å². The maximum atomic E-state index is 4.94. The topological polar surface area (TPSA) is 49.8 Å². The van der Waals surface area contributed by atoms with Gasteiger partial charge in [0.25, 0.3) is 0 Å². The maximum Gasteiger partial charge on any atom is 0.130 e. The first-order valence-corrected chi connectivity index (χ1v) is 12.3. The van der Waals surface area contributed by atoms with Gasteiger partial charge in [0.15, 0.2) is 0 Å². The highest BCUT2D eigenvalue weighted by molar-refractivity contribution is 7.15. The molecule has 0 spiro atoms. The Morgan fingerprint density at radius 2 is 1.78 bits per heavy atom. The summed E-state index contributed by atoms with van der Waals surface area (Å²) in [6.45, 7) is 5.31. The van der Waals surface area contributed by atoms with Crippen LogP contribution in [0.5, 0.6) is 0 Å². The molecule has 1 aliphatic rings. The highest BCUT2D eigenvalue weighted by Gasteiger charge is 2.23. The molecule has 5 heteroatoms. The van der Waals surface area contributed by atoms with E-state index in [-0.39, 0.29) is 0 Å². The van der Waals surface area contributed by atoms with Gasteiger partial charge < -0.3 is 10.6 Å². The van der Waals surface area contributed by atoms with E-state index in [4.69, 9.17) is 4.98 Å². The number of aryl methyl sites for hydroxylation is 1. The number of thiophene rings is 1. The fourth-order valence-corrected chi connectivity index (χ4v) is 5.61. The number of hydrogen-bond donors (Lipinski definition) is 2. The van der Waals surface area contributed by atoms with Crippen LogP contribution in [0, 0.1) is 13.8 Å². The molecule has 2 N–H and O–H groups in total. The maximum absolute atomic E-state index is 4.94. The van der Waals surface area contributed by atoms with E-state index in [2.05, 4.69) is 71.9 Å². The van der Waals surface area contributed by atoms with Crippen LogP contribution in [0.2, 0.25) is 0 Å². The molecule has 1 aliphatic carbocycles. The van der Waals surface area contributed by atoms with Gasteiger partial charge in [-0.2, -0.15) is 0 Å². The summed E-state index contributed by atoms with van der Waals surface area (Å²) in [4.78, 5) is 12.0. The highest BCUT2D eigenvalue weighted by Crippen LogP contribution is 2.29. The molecule has 0 saturated heterocycles. The number of rotatable bonds is 6. The lowest BCUT2D eigenvalue weighted by molar-refractivity contribution is 0.351. The fourth-order valence-electron chi connectivity index (χ4n) is 4.68. The minimum Gasteiger partial charge on any atom is -0.367 e. The summed E-state index contributed by atoms with van der Waals surface area (Å²) in [6, 6.07) is 19.9. The van der Waals surface area contributed by atoms with Crippen molar-refractivity contribution in [1.82, 2.24) is 15.3 Å². The Morgan fingerprint density at radius 3 is 2.66 bits per heavy atom. The third kappa shape index (κ3) is 4.54. The van der Waals surface area contributed by atoms with Crippen molar-refractivity contribution in [2.75, 3.05) is 5.32 Å². The molecule has 0 bridgehead atoms. The molecule has 1 saturated carbocycles. The quantitative estimate of drug-likeness (QED) is 0.358. The van der Waals surface area contributed by atoms with Crippen molar-refractivity contribution >= 4 is 28.1 Å². The van der Waals surface area contributed by atoms with Crippen molar-refractivity contribution in [3.8, 4) is 10.6 Å². The number of nitrogens with one attached hydrogen (secondary N) is 2. The van der Waals surface area contributed by atoms with E-state index < -0.39 is 0 Å². The Balaban J connectivity index is 1.21. The lowest BCUT2D eigenvalue weighted by Crippen LogP contribution is -2.38. The van der Waals surface area contributed by atoms with Gasteiger partial charge in [-0.15, -0.1) is 11.3 Å². The van der Waals surface area contributed by atoms with Crippen LogP contribution in [0.25, 0.3) is 21.5 Å². The summed E-state index contributed by atoms with van der Waals surface area (Å²) in [6.07, 6.45) is 6.67. The zero-order chi connectivity index (χ0) is 21.9. The van der Waals surface area contributed by atoms with E-state index in [0.29, 0.717) is 12.1 Å². The van der Waals surface area contributed by atoms with Gasteiger partial charge in [-0.25, -0.2) is 4.98 Å².